The number of nitrogens with one attached hydrogen (secondary N) is 2. The maximum atomic E-state index is 5.25. The lowest BCUT2D eigenvalue weighted by molar-refractivity contribution is 0.414. The number of hydrogen-bond acceptors (Lipinski definition) is 2. The van der Waals surface area contributed by atoms with Crippen LogP contribution in [0.1, 0.15) is 17.5 Å². The zero-order valence-electron chi connectivity index (χ0n) is 15.0. The van der Waals surface area contributed by atoms with Gasteiger partial charge in [0.2, 0.25) is 0 Å². The minimum Gasteiger partial charge on any atom is -0.497 e. The van der Waals surface area contributed by atoms with Crippen LogP contribution in [0.5, 0.6) is 5.75 Å². The summed E-state index contributed by atoms with van der Waals surface area (Å²) in [5.41, 5.74) is 2.63. The fourth-order valence-electron chi connectivity index (χ4n) is 2.52. The Hall–Kier alpha value is -1.76. The SMILES string of the molecule is CN=C(NCCCc1cccc(OC)c1)NCCc1ccccc1.I. The van der Waals surface area contributed by atoms with Gasteiger partial charge in [-0.3, -0.25) is 4.99 Å². The third kappa shape index (κ3) is 8.25. The Morgan fingerprint density at radius 2 is 1.64 bits per heavy atom. The quantitative estimate of drug-likeness (QED) is 0.278. The fraction of sp³-hybridized carbons (Fsp3) is 0.350. The van der Waals surface area contributed by atoms with Gasteiger partial charge in [-0.15, -0.1) is 24.0 Å². The molecule has 0 aliphatic rings. The molecule has 2 aromatic rings. The lowest BCUT2D eigenvalue weighted by Gasteiger charge is -2.12. The van der Waals surface area contributed by atoms with Gasteiger partial charge in [0.25, 0.3) is 0 Å². The first kappa shape index (κ1) is 21.3. The van der Waals surface area contributed by atoms with E-state index >= 15 is 0 Å². The number of nitrogens with zero attached hydrogens (tertiary/aromatic N) is 1. The van der Waals surface area contributed by atoms with Gasteiger partial charge in [0, 0.05) is 20.1 Å². The highest BCUT2D eigenvalue weighted by Crippen LogP contribution is 2.13. The van der Waals surface area contributed by atoms with Gasteiger partial charge >= 0.3 is 0 Å². The number of aryl methyl sites for hydroxylation is 1. The Morgan fingerprint density at radius 3 is 2.36 bits per heavy atom. The number of methoxy groups -OCH3 is 1. The maximum absolute atomic E-state index is 5.25. The van der Waals surface area contributed by atoms with Crippen molar-refractivity contribution in [1.82, 2.24) is 10.6 Å². The molecule has 0 unspecified atom stereocenters. The third-order valence-corrected chi connectivity index (χ3v) is 3.84. The zero-order chi connectivity index (χ0) is 17.0. The average molecular weight is 453 g/mol. The van der Waals surface area contributed by atoms with Crippen molar-refractivity contribution in [2.24, 2.45) is 4.99 Å². The molecule has 0 radical (unpaired) electrons. The Balaban J connectivity index is 0.00000312. The molecule has 2 aromatic carbocycles. The van der Waals surface area contributed by atoms with Crippen LogP contribution >= 0.6 is 24.0 Å². The van der Waals surface area contributed by atoms with Crippen LogP contribution in [-0.4, -0.2) is 33.2 Å². The van der Waals surface area contributed by atoms with E-state index in [1.807, 2.05) is 18.2 Å². The van der Waals surface area contributed by atoms with Crippen LogP contribution in [-0.2, 0) is 12.8 Å². The first-order valence-corrected chi connectivity index (χ1v) is 8.43. The van der Waals surface area contributed by atoms with E-state index in [2.05, 4.69) is 52.0 Å². The summed E-state index contributed by atoms with van der Waals surface area (Å²) < 4.78 is 5.25. The Kier molecular flexibility index (Phi) is 10.7. The highest BCUT2D eigenvalue weighted by Gasteiger charge is 1.99. The summed E-state index contributed by atoms with van der Waals surface area (Å²) >= 11 is 0. The van der Waals surface area contributed by atoms with Crippen LogP contribution in [0.25, 0.3) is 0 Å². The van der Waals surface area contributed by atoms with Gasteiger partial charge in [-0.05, 0) is 42.5 Å². The Bertz CT molecular complexity index is 632. The van der Waals surface area contributed by atoms with Crippen LogP contribution in [0, 0.1) is 0 Å². The smallest absolute Gasteiger partial charge is 0.190 e. The number of rotatable bonds is 8. The zero-order valence-corrected chi connectivity index (χ0v) is 17.3. The molecule has 2 rings (SSSR count). The van der Waals surface area contributed by atoms with Gasteiger partial charge in [0.1, 0.15) is 5.75 Å². The normalized spacial score (nSPS) is 10.7. The summed E-state index contributed by atoms with van der Waals surface area (Å²) in [6.07, 6.45) is 3.06. The largest absolute Gasteiger partial charge is 0.497 e. The summed E-state index contributed by atoms with van der Waals surface area (Å²) in [5.74, 6) is 1.77. The topological polar surface area (TPSA) is 45.7 Å². The molecule has 0 aliphatic carbocycles. The molecule has 4 nitrogen and oxygen atoms in total. The van der Waals surface area contributed by atoms with E-state index in [0.717, 1.165) is 44.1 Å². The van der Waals surface area contributed by atoms with Gasteiger partial charge in [0.05, 0.1) is 7.11 Å². The highest BCUT2D eigenvalue weighted by molar-refractivity contribution is 14.0. The molecular weight excluding hydrogens is 425 g/mol. The van der Waals surface area contributed by atoms with Crippen molar-refractivity contribution in [1.29, 1.82) is 0 Å². The van der Waals surface area contributed by atoms with Crippen molar-refractivity contribution in [2.45, 2.75) is 19.3 Å². The molecule has 0 saturated heterocycles. The molecule has 0 heterocycles. The number of guanidine groups is 1. The molecule has 0 amide bonds. The minimum absolute atomic E-state index is 0. The molecule has 25 heavy (non-hydrogen) atoms. The Morgan fingerprint density at radius 1 is 0.920 bits per heavy atom. The van der Waals surface area contributed by atoms with Crippen molar-refractivity contribution in [3.05, 3.63) is 65.7 Å². The lowest BCUT2D eigenvalue weighted by Crippen LogP contribution is -2.38. The van der Waals surface area contributed by atoms with E-state index < -0.39 is 0 Å². The highest BCUT2D eigenvalue weighted by atomic mass is 127. The molecule has 0 aliphatic heterocycles. The van der Waals surface area contributed by atoms with Gasteiger partial charge < -0.3 is 15.4 Å². The average Bonchev–Trinajstić information content (AvgIpc) is 2.64. The van der Waals surface area contributed by atoms with Crippen molar-refractivity contribution >= 4 is 29.9 Å². The summed E-state index contributed by atoms with van der Waals surface area (Å²) in [7, 11) is 3.51. The van der Waals surface area contributed by atoms with Crippen molar-refractivity contribution in [2.75, 3.05) is 27.2 Å². The minimum atomic E-state index is 0. The molecular formula is C20H28IN3O. The van der Waals surface area contributed by atoms with Gasteiger partial charge in [0.15, 0.2) is 5.96 Å². The number of ether oxygens (including phenoxy) is 1. The van der Waals surface area contributed by atoms with Crippen LogP contribution in [0.2, 0.25) is 0 Å². The second-order valence-corrected chi connectivity index (χ2v) is 5.62. The van der Waals surface area contributed by atoms with E-state index in [4.69, 9.17) is 4.74 Å². The van der Waals surface area contributed by atoms with Crippen LogP contribution in [0.15, 0.2) is 59.6 Å². The number of benzene rings is 2. The van der Waals surface area contributed by atoms with E-state index in [1.54, 1.807) is 14.2 Å². The van der Waals surface area contributed by atoms with E-state index in [0.29, 0.717) is 0 Å². The lowest BCUT2D eigenvalue weighted by atomic mass is 10.1. The monoisotopic (exact) mass is 453 g/mol. The van der Waals surface area contributed by atoms with Gasteiger partial charge in [-0.25, -0.2) is 0 Å². The van der Waals surface area contributed by atoms with Crippen molar-refractivity contribution in [3.8, 4) is 5.75 Å². The second-order valence-electron chi connectivity index (χ2n) is 5.62. The molecule has 0 saturated carbocycles. The van der Waals surface area contributed by atoms with E-state index in [-0.39, 0.29) is 24.0 Å². The first-order valence-electron chi connectivity index (χ1n) is 8.43. The van der Waals surface area contributed by atoms with Crippen molar-refractivity contribution < 1.29 is 4.74 Å². The maximum Gasteiger partial charge on any atom is 0.190 e. The van der Waals surface area contributed by atoms with E-state index in [9.17, 15) is 0 Å². The molecule has 0 atom stereocenters. The number of halogens is 1. The fourth-order valence-corrected chi connectivity index (χ4v) is 2.52. The van der Waals surface area contributed by atoms with Crippen LogP contribution in [0.4, 0.5) is 0 Å². The first-order chi connectivity index (χ1) is 11.8. The molecule has 2 N–H and O–H groups in total. The molecule has 0 fully saturated rings. The number of aliphatic imine (C=N–C) groups is 1. The summed E-state index contributed by atoms with van der Waals surface area (Å²) in [6, 6.07) is 18.7. The second kappa shape index (κ2) is 12.6. The van der Waals surface area contributed by atoms with Gasteiger partial charge in [-0.2, -0.15) is 0 Å². The van der Waals surface area contributed by atoms with Crippen LogP contribution in [0.3, 0.4) is 0 Å². The van der Waals surface area contributed by atoms with E-state index in [1.165, 1.54) is 11.1 Å². The van der Waals surface area contributed by atoms with Crippen molar-refractivity contribution in [3.63, 3.8) is 0 Å². The molecule has 136 valence electrons. The standard InChI is InChI=1S/C20H27N3O.HI/c1-21-20(23-15-13-17-8-4-3-5-9-17)22-14-7-11-18-10-6-12-19(16-18)24-2;/h3-6,8-10,12,16H,7,11,13-15H2,1-2H3,(H2,21,22,23);1H. The summed E-state index contributed by atoms with van der Waals surface area (Å²) in [5, 5.41) is 6.72. The predicted molar refractivity (Wildman–Crippen MR) is 116 cm³/mol. The molecule has 5 heteroatoms. The third-order valence-electron chi connectivity index (χ3n) is 3.84. The molecule has 0 aromatic heterocycles. The molecule has 0 bridgehead atoms. The predicted octanol–water partition coefficient (Wildman–Crippen LogP) is 3.65. The summed E-state index contributed by atoms with van der Waals surface area (Å²) in [4.78, 5) is 4.27. The molecule has 0 spiro atoms. The summed E-state index contributed by atoms with van der Waals surface area (Å²) in [6.45, 7) is 1.77. The Labute approximate surface area is 168 Å². The number of hydrogen-bond donors (Lipinski definition) is 2. The van der Waals surface area contributed by atoms with Crippen LogP contribution < -0.4 is 15.4 Å². The van der Waals surface area contributed by atoms with Gasteiger partial charge in [-0.1, -0.05) is 42.5 Å².